The van der Waals surface area contributed by atoms with Crippen LogP contribution in [0.15, 0.2) is 321 Å². The number of hydrogen-bond donors (Lipinski definition) is 0. The Hall–Kier alpha value is -10.7. The third-order valence-corrected chi connectivity index (χ3v) is 22.2. The fourth-order valence-electron chi connectivity index (χ4n) is 14.2. The molecular weight excluding hydrogens is 1160 g/mol. The van der Waals surface area contributed by atoms with Gasteiger partial charge in [0.1, 0.15) is 0 Å². The zero-order valence-electron chi connectivity index (χ0n) is 49.6. The summed E-state index contributed by atoms with van der Waals surface area (Å²) in [6, 6.07) is 111. The van der Waals surface area contributed by atoms with Crippen LogP contribution < -0.4 is 9.80 Å². The predicted molar refractivity (Wildman–Crippen MR) is 397 cm³/mol. The van der Waals surface area contributed by atoms with Gasteiger partial charge in [0.05, 0.1) is 11.4 Å². The van der Waals surface area contributed by atoms with Crippen molar-refractivity contribution in [3.05, 3.63) is 321 Å². The molecule has 1 aliphatic rings. The molecule has 0 N–H and O–H groups in total. The van der Waals surface area contributed by atoms with Crippen molar-refractivity contribution in [2.75, 3.05) is 9.80 Å². The SMILES string of the molecule is C1=CCCC(N(c2ccc(-c3ccc(N(c4ccccc4)c4cccc5ccccc45)cc3)cc2)c2cccc3c(-c4ccc5c(c4)sc4c(-c6cc(-c7cccc8c7sc7ccccc78)cc(-c7cccc8c7sc7ccccc78)c6)cccc45)cccc23)=C1. The predicted octanol–water partition coefficient (Wildman–Crippen LogP) is 26.3. The second-order valence-corrected chi connectivity index (χ2v) is 26.9. The summed E-state index contributed by atoms with van der Waals surface area (Å²) in [5.74, 6) is 0. The Morgan fingerprint density at radius 2 is 0.692 bits per heavy atom. The summed E-state index contributed by atoms with van der Waals surface area (Å²) in [5, 5.41) is 12.7. The largest absolute Gasteiger partial charge is 0.314 e. The Morgan fingerprint density at radius 3 is 1.29 bits per heavy atom. The van der Waals surface area contributed by atoms with Crippen LogP contribution in [0.5, 0.6) is 0 Å². The highest BCUT2D eigenvalue weighted by atomic mass is 32.1. The topological polar surface area (TPSA) is 6.48 Å². The van der Waals surface area contributed by atoms with Gasteiger partial charge in [-0.1, -0.05) is 224 Å². The summed E-state index contributed by atoms with van der Waals surface area (Å²) in [4.78, 5) is 4.86. The molecule has 0 saturated heterocycles. The number of fused-ring (bicyclic) bond motifs is 11. The molecule has 0 unspecified atom stereocenters. The van der Waals surface area contributed by atoms with Crippen LogP contribution >= 0.6 is 34.0 Å². The standard InChI is InChI=1S/C86H56N2S3/c1-3-21-62(22-4-1)87(79-37-13-20-57-19-7-8-25-67(57)79)64-46-41-55(42-47-64)56-43-48-65(49-44-56)88(63-23-5-2-6-24-63)80-38-18-32-71-66(28-14-33-72(71)80)58-45-50-75-78-36-17-31-70(86(78)91-83(75)54-58)61-52-59(68-29-15-34-76-73-26-9-11-39-81(73)89-84(68)76)51-60(53-61)69-30-16-35-77-74-27-10-12-40-82(74)90-85(69)77/h1-5,7-23,25-54H,6,24H2. The maximum Gasteiger partial charge on any atom is 0.0540 e. The summed E-state index contributed by atoms with van der Waals surface area (Å²) in [6.07, 6.45) is 8.74. The molecule has 0 fully saturated rings. The molecule has 1 aliphatic carbocycles. The van der Waals surface area contributed by atoms with Crippen LogP contribution in [0.1, 0.15) is 12.8 Å². The number of rotatable bonds is 11. The van der Waals surface area contributed by atoms with Crippen LogP contribution in [0.4, 0.5) is 28.4 Å². The van der Waals surface area contributed by atoms with E-state index in [0.717, 1.165) is 35.6 Å². The van der Waals surface area contributed by atoms with Crippen molar-refractivity contribution in [3.63, 3.8) is 0 Å². The molecule has 3 heterocycles. The van der Waals surface area contributed by atoms with Crippen molar-refractivity contribution in [1.29, 1.82) is 0 Å². The lowest BCUT2D eigenvalue weighted by atomic mass is 9.91. The second-order valence-electron chi connectivity index (χ2n) is 23.8. The van der Waals surface area contributed by atoms with Crippen molar-refractivity contribution in [2.24, 2.45) is 0 Å². The van der Waals surface area contributed by atoms with Crippen molar-refractivity contribution in [1.82, 2.24) is 0 Å². The van der Waals surface area contributed by atoms with Crippen molar-refractivity contribution in [3.8, 4) is 55.6 Å². The number of hydrogen-bond acceptors (Lipinski definition) is 5. The van der Waals surface area contributed by atoms with Gasteiger partial charge in [0, 0.05) is 94.0 Å². The van der Waals surface area contributed by atoms with Gasteiger partial charge < -0.3 is 9.80 Å². The van der Waals surface area contributed by atoms with Crippen LogP contribution in [0.3, 0.4) is 0 Å². The van der Waals surface area contributed by atoms with E-state index in [9.17, 15) is 0 Å². The Morgan fingerprint density at radius 1 is 0.264 bits per heavy atom. The average molecular weight is 1210 g/mol. The molecule has 18 rings (SSSR count). The molecule has 0 amide bonds. The quantitative estimate of drug-likeness (QED) is 0.127. The molecule has 3 aromatic heterocycles. The highest BCUT2D eigenvalue weighted by Crippen LogP contribution is 2.49. The molecule has 0 aliphatic heterocycles. The van der Waals surface area contributed by atoms with Crippen LogP contribution in [0.2, 0.25) is 0 Å². The van der Waals surface area contributed by atoms with Crippen LogP contribution in [-0.2, 0) is 0 Å². The molecule has 5 heteroatoms. The van der Waals surface area contributed by atoms with Gasteiger partial charge in [0.2, 0.25) is 0 Å². The van der Waals surface area contributed by atoms with Crippen molar-refractivity contribution < 1.29 is 0 Å². The van der Waals surface area contributed by atoms with E-state index >= 15 is 0 Å². The zero-order valence-corrected chi connectivity index (χ0v) is 52.0. The number of allylic oxidation sites excluding steroid dienone is 4. The van der Waals surface area contributed by atoms with E-state index in [4.69, 9.17) is 0 Å². The minimum Gasteiger partial charge on any atom is -0.314 e. The van der Waals surface area contributed by atoms with Crippen molar-refractivity contribution in [2.45, 2.75) is 12.8 Å². The molecule has 0 spiro atoms. The Balaban J connectivity index is 0.711. The van der Waals surface area contributed by atoms with Gasteiger partial charge in [0.15, 0.2) is 0 Å². The number of anilines is 5. The summed E-state index contributed by atoms with van der Waals surface area (Å²) in [5.41, 5.74) is 19.3. The highest BCUT2D eigenvalue weighted by Gasteiger charge is 2.23. The summed E-state index contributed by atoms with van der Waals surface area (Å²) in [7, 11) is 0. The first-order chi connectivity index (χ1) is 45.1. The number of nitrogens with zero attached hydrogens (tertiary/aromatic N) is 2. The van der Waals surface area contributed by atoms with Gasteiger partial charge in [-0.05, 0) is 170 Å². The van der Waals surface area contributed by atoms with Crippen LogP contribution in [0, 0.1) is 0 Å². The van der Waals surface area contributed by atoms with E-state index in [-0.39, 0.29) is 0 Å². The smallest absolute Gasteiger partial charge is 0.0540 e. The first kappa shape index (κ1) is 53.4. The van der Waals surface area contributed by atoms with Gasteiger partial charge in [-0.15, -0.1) is 34.0 Å². The van der Waals surface area contributed by atoms with Gasteiger partial charge in [-0.3, -0.25) is 0 Å². The maximum absolute atomic E-state index is 2.49. The summed E-state index contributed by atoms with van der Waals surface area (Å²) < 4.78 is 7.87. The maximum atomic E-state index is 2.49. The first-order valence-electron chi connectivity index (χ1n) is 31.3. The van der Waals surface area contributed by atoms with E-state index in [1.54, 1.807) is 0 Å². The molecule has 91 heavy (non-hydrogen) atoms. The molecule has 0 bridgehead atoms. The Labute approximate surface area is 540 Å². The fourth-order valence-corrected chi connectivity index (χ4v) is 18.0. The van der Waals surface area contributed by atoms with Crippen LogP contribution in [-0.4, -0.2) is 0 Å². The molecule has 2 nitrogen and oxygen atoms in total. The van der Waals surface area contributed by atoms with E-state index in [0.29, 0.717) is 0 Å². The van der Waals surface area contributed by atoms with Gasteiger partial charge in [-0.2, -0.15) is 0 Å². The Kier molecular flexibility index (Phi) is 13.0. The van der Waals surface area contributed by atoms with Gasteiger partial charge in [0.25, 0.3) is 0 Å². The van der Waals surface area contributed by atoms with Crippen LogP contribution in [0.25, 0.3) is 138 Å². The molecule has 0 atom stereocenters. The van der Waals surface area contributed by atoms with Gasteiger partial charge >= 0.3 is 0 Å². The number of para-hydroxylation sites is 1. The third kappa shape index (κ3) is 9.18. The lowest BCUT2D eigenvalue weighted by Gasteiger charge is -2.30. The summed E-state index contributed by atoms with van der Waals surface area (Å²) >= 11 is 5.72. The normalized spacial score (nSPS) is 12.5. The first-order valence-corrected chi connectivity index (χ1v) is 33.7. The molecular formula is C86H56N2S3. The van der Waals surface area contributed by atoms with E-state index in [2.05, 4.69) is 325 Å². The Bertz CT molecular complexity index is 5650. The summed E-state index contributed by atoms with van der Waals surface area (Å²) in [6.45, 7) is 0. The molecule has 428 valence electrons. The second kappa shape index (κ2) is 22.1. The zero-order chi connectivity index (χ0) is 59.9. The van der Waals surface area contributed by atoms with E-state index < -0.39 is 0 Å². The minimum atomic E-state index is 0.949. The van der Waals surface area contributed by atoms with Crippen molar-refractivity contribution >= 4 is 145 Å². The molecule has 14 aromatic carbocycles. The lowest BCUT2D eigenvalue weighted by molar-refractivity contribution is 0.919. The number of benzene rings is 14. The fraction of sp³-hybridized carbons (Fsp3) is 0.0233. The number of thiophene rings is 3. The minimum absolute atomic E-state index is 0.949. The van der Waals surface area contributed by atoms with E-state index in [1.807, 2.05) is 34.0 Å². The lowest BCUT2D eigenvalue weighted by Crippen LogP contribution is -2.17. The molecule has 0 radical (unpaired) electrons. The third-order valence-electron chi connectivity index (χ3n) is 18.5. The van der Waals surface area contributed by atoms with E-state index in [1.165, 1.54) is 149 Å². The average Bonchev–Trinajstić information content (AvgIpc) is 1.94. The van der Waals surface area contributed by atoms with Gasteiger partial charge in [-0.25, -0.2) is 0 Å². The molecule has 17 aromatic rings. The monoisotopic (exact) mass is 1210 g/mol. The highest BCUT2D eigenvalue weighted by molar-refractivity contribution is 7.27. The molecule has 0 saturated carbocycles.